The fourth-order valence-electron chi connectivity index (χ4n) is 1.72. The molecule has 3 rings (SSSR count). The van der Waals surface area contributed by atoms with Crippen LogP contribution in [0.5, 0.6) is 0 Å². The van der Waals surface area contributed by atoms with E-state index in [0.29, 0.717) is 17.0 Å². The molecule has 1 amide bonds. The van der Waals surface area contributed by atoms with Crippen LogP contribution in [0.3, 0.4) is 0 Å². The van der Waals surface area contributed by atoms with Crippen LogP contribution >= 0.6 is 0 Å². The van der Waals surface area contributed by atoms with E-state index in [0.717, 1.165) is 5.69 Å². The van der Waals surface area contributed by atoms with E-state index in [-0.39, 0.29) is 5.91 Å². The molecule has 0 aliphatic carbocycles. The van der Waals surface area contributed by atoms with Gasteiger partial charge in [-0.2, -0.15) is 5.10 Å². The summed E-state index contributed by atoms with van der Waals surface area (Å²) in [4.78, 5) is 20.1. The molecule has 0 aromatic carbocycles. The highest BCUT2D eigenvalue weighted by atomic mass is 16.1. The van der Waals surface area contributed by atoms with Gasteiger partial charge in [-0.05, 0) is 31.2 Å². The van der Waals surface area contributed by atoms with E-state index in [9.17, 15) is 4.79 Å². The monoisotopic (exact) mass is 253 g/mol. The lowest BCUT2D eigenvalue weighted by Gasteiger charge is -1.99. The van der Waals surface area contributed by atoms with E-state index >= 15 is 0 Å². The van der Waals surface area contributed by atoms with Crippen LogP contribution in [0.2, 0.25) is 0 Å². The summed E-state index contributed by atoms with van der Waals surface area (Å²) in [6, 6.07) is 7.13. The molecule has 6 nitrogen and oxygen atoms in total. The Morgan fingerprint density at radius 1 is 1.32 bits per heavy atom. The summed E-state index contributed by atoms with van der Waals surface area (Å²) < 4.78 is 1.63. The first kappa shape index (κ1) is 11.3. The maximum atomic E-state index is 11.9. The highest BCUT2D eigenvalue weighted by Crippen LogP contribution is 2.10. The van der Waals surface area contributed by atoms with Gasteiger partial charge in [0.05, 0.1) is 17.5 Å². The number of nitrogens with zero attached hydrogens (tertiary/aromatic N) is 4. The molecule has 19 heavy (non-hydrogen) atoms. The number of imidazole rings is 1. The largest absolute Gasteiger partial charge is 0.305 e. The minimum Gasteiger partial charge on any atom is -0.305 e. The van der Waals surface area contributed by atoms with Gasteiger partial charge in [-0.25, -0.2) is 9.50 Å². The minimum absolute atomic E-state index is 0.242. The SMILES string of the molecule is Cc1ccc2nc(NC(=O)c3cccnc3)cn2n1. The van der Waals surface area contributed by atoms with E-state index < -0.39 is 0 Å². The van der Waals surface area contributed by atoms with Crippen molar-refractivity contribution in [3.8, 4) is 0 Å². The van der Waals surface area contributed by atoms with Crippen molar-refractivity contribution in [3.05, 3.63) is 54.1 Å². The normalized spacial score (nSPS) is 10.6. The quantitative estimate of drug-likeness (QED) is 0.754. The molecule has 0 fully saturated rings. The summed E-state index contributed by atoms with van der Waals surface area (Å²) in [7, 11) is 0. The third-order valence-corrected chi connectivity index (χ3v) is 2.62. The topological polar surface area (TPSA) is 72.2 Å². The molecule has 0 spiro atoms. The number of hydrogen-bond acceptors (Lipinski definition) is 4. The molecule has 94 valence electrons. The van der Waals surface area contributed by atoms with Crippen molar-refractivity contribution in [2.75, 3.05) is 5.32 Å². The van der Waals surface area contributed by atoms with Gasteiger partial charge in [0.15, 0.2) is 11.5 Å². The van der Waals surface area contributed by atoms with Crippen molar-refractivity contribution in [3.63, 3.8) is 0 Å². The van der Waals surface area contributed by atoms with Crippen LogP contribution in [0.4, 0.5) is 5.82 Å². The number of fused-ring (bicyclic) bond motifs is 1. The molecule has 0 aliphatic heterocycles. The summed E-state index contributed by atoms with van der Waals surface area (Å²) in [5.41, 5.74) is 2.06. The predicted molar refractivity (Wildman–Crippen MR) is 69.9 cm³/mol. The van der Waals surface area contributed by atoms with Crippen molar-refractivity contribution in [2.45, 2.75) is 6.92 Å². The molecule has 0 unspecified atom stereocenters. The van der Waals surface area contributed by atoms with E-state index in [1.165, 1.54) is 6.20 Å². The average Bonchev–Trinajstić information content (AvgIpc) is 2.81. The molecule has 0 atom stereocenters. The fraction of sp³-hybridized carbons (Fsp3) is 0.0769. The van der Waals surface area contributed by atoms with Crippen molar-refractivity contribution in [1.82, 2.24) is 19.6 Å². The number of nitrogens with one attached hydrogen (secondary N) is 1. The number of carbonyl (C=O) groups excluding carboxylic acids is 1. The van der Waals surface area contributed by atoms with Gasteiger partial charge in [0.2, 0.25) is 0 Å². The third kappa shape index (κ3) is 2.28. The Hall–Kier alpha value is -2.76. The standard InChI is InChI=1S/C13H11N5O/c1-9-4-5-12-15-11(8-18(12)17-9)16-13(19)10-3-2-6-14-7-10/h2-8H,1H3,(H,16,19). The number of aryl methyl sites for hydroxylation is 1. The van der Waals surface area contributed by atoms with Crippen molar-refractivity contribution >= 4 is 17.4 Å². The van der Waals surface area contributed by atoms with Crippen LogP contribution in [-0.2, 0) is 0 Å². The number of anilines is 1. The molecule has 3 aromatic rings. The van der Waals surface area contributed by atoms with Crippen molar-refractivity contribution < 1.29 is 4.79 Å². The summed E-state index contributed by atoms with van der Waals surface area (Å²) in [5, 5.41) is 6.98. The molecule has 1 N–H and O–H groups in total. The van der Waals surface area contributed by atoms with Crippen LogP contribution in [-0.4, -0.2) is 25.5 Å². The zero-order valence-electron chi connectivity index (χ0n) is 10.2. The van der Waals surface area contributed by atoms with Gasteiger partial charge in [-0.15, -0.1) is 0 Å². The lowest BCUT2D eigenvalue weighted by molar-refractivity contribution is 0.102. The molecule has 3 aromatic heterocycles. The molecule has 0 radical (unpaired) electrons. The Balaban J connectivity index is 1.87. The van der Waals surface area contributed by atoms with Gasteiger partial charge in [0.25, 0.3) is 5.91 Å². The number of aromatic nitrogens is 4. The summed E-state index contributed by atoms with van der Waals surface area (Å²) in [6.45, 7) is 1.90. The molecular formula is C13H11N5O. The smallest absolute Gasteiger partial charge is 0.258 e. The van der Waals surface area contributed by atoms with Gasteiger partial charge >= 0.3 is 0 Å². The first-order chi connectivity index (χ1) is 9.22. The summed E-state index contributed by atoms with van der Waals surface area (Å²) in [6.07, 6.45) is 4.80. The third-order valence-electron chi connectivity index (χ3n) is 2.62. The van der Waals surface area contributed by atoms with Gasteiger partial charge in [-0.1, -0.05) is 0 Å². The van der Waals surface area contributed by atoms with Crippen LogP contribution in [0.15, 0.2) is 42.9 Å². The Kier molecular flexibility index (Phi) is 2.68. The highest BCUT2D eigenvalue weighted by molar-refractivity contribution is 6.03. The number of pyridine rings is 1. The maximum Gasteiger partial charge on any atom is 0.258 e. The minimum atomic E-state index is -0.242. The van der Waals surface area contributed by atoms with Crippen LogP contribution in [0, 0.1) is 6.92 Å². The molecule has 0 bridgehead atoms. The second kappa shape index (κ2) is 4.49. The predicted octanol–water partition coefficient (Wildman–Crippen LogP) is 1.69. The van der Waals surface area contributed by atoms with E-state index in [1.54, 1.807) is 29.0 Å². The number of hydrogen-bond donors (Lipinski definition) is 1. The van der Waals surface area contributed by atoms with Crippen molar-refractivity contribution in [2.24, 2.45) is 0 Å². The number of amides is 1. The molecule has 0 saturated carbocycles. The van der Waals surface area contributed by atoms with E-state index in [1.807, 2.05) is 19.1 Å². The molecule has 3 heterocycles. The van der Waals surface area contributed by atoms with Gasteiger partial charge < -0.3 is 5.32 Å². The van der Waals surface area contributed by atoms with Gasteiger partial charge in [0.1, 0.15) is 0 Å². The molecule has 0 saturated heterocycles. The Bertz CT molecular complexity index is 735. The average molecular weight is 253 g/mol. The highest BCUT2D eigenvalue weighted by Gasteiger charge is 2.08. The number of carbonyl (C=O) groups is 1. The van der Waals surface area contributed by atoms with Crippen LogP contribution < -0.4 is 5.32 Å². The summed E-state index contributed by atoms with van der Waals surface area (Å²) >= 11 is 0. The Morgan fingerprint density at radius 2 is 2.21 bits per heavy atom. The van der Waals surface area contributed by atoms with E-state index in [2.05, 4.69) is 20.4 Å². The van der Waals surface area contributed by atoms with Crippen LogP contribution in [0.25, 0.3) is 5.65 Å². The van der Waals surface area contributed by atoms with Gasteiger partial charge in [-0.3, -0.25) is 9.78 Å². The molecular weight excluding hydrogens is 242 g/mol. The van der Waals surface area contributed by atoms with Crippen LogP contribution in [0.1, 0.15) is 16.1 Å². The first-order valence-corrected chi connectivity index (χ1v) is 5.77. The first-order valence-electron chi connectivity index (χ1n) is 5.77. The Morgan fingerprint density at radius 3 is 3.00 bits per heavy atom. The molecule has 0 aliphatic rings. The zero-order valence-corrected chi connectivity index (χ0v) is 10.2. The summed E-state index contributed by atoms with van der Waals surface area (Å²) in [5.74, 6) is 0.222. The van der Waals surface area contributed by atoms with Gasteiger partial charge in [0, 0.05) is 12.4 Å². The fourth-order valence-corrected chi connectivity index (χ4v) is 1.72. The number of rotatable bonds is 2. The molecule has 6 heteroatoms. The van der Waals surface area contributed by atoms with E-state index in [4.69, 9.17) is 0 Å². The Labute approximate surface area is 109 Å². The zero-order chi connectivity index (χ0) is 13.2. The lowest BCUT2D eigenvalue weighted by Crippen LogP contribution is -2.12. The lowest BCUT2D eigenvalue weighted by atomic mass is 10.3. The van der Waals surface area contributed by atoms with Crippen molar-refractivity contribution in [1.29, 1.82) is 0 Å². The second-order valence-electron chi connectivity index (χ2n) is 4.10. The maximum absolute atomic E-state index is 11.9. The second-order valence-corrected chi connectivity index (χ2v) is 4.10.